The monoisotopic (exact) mass is 1260 g/mol. The number of carbonyl (C=O) groups excluding carboxylic acids is 4. The molecule has 0 bridgehead atoms. The van der Waals surface area contributed by atoms with Crippen molar-refractivity contribution in [3.8, 4) is 23.0 Å². The van der Waals surface area contributed by atoms with Crippen molar-refractivity contribution in [3.05, 3.63) is 115 Å². The lowest BCUT2D eigenvalue weighted by Gasteiger charge is -2.52. The summed E-state index contributed by atoms with van der Waals surface area (Å²) in [6.07, 6.45) is 4.26. The molecule has 91 heavy (non-hydrogen) atoms. The van der Waals surface area contributed by atoms with Gasteiger partial charge in [-0.25, -0.2) is 19.2 Å². The molecule has 2 aliphatic rings. The fraction of sp³-hybridized carbons (Fsp3) is 0.646. The van der Waals surface area contributed by atoms with Crippen LogP contribution < -0.4 is 18.9 Å². The maximum absolute atomic E-state index is 13.5. The molecule has 0 unspecified atom stereocenters. The molecule has 0 aliphatic heterocycles. The van der Waals surface area contributed by atoms with Crippen molar-refractivity contribution in [2.45, 2.75) is 314 Å². The Morgan fingerprint density at radius 3 is 0.637 bits per heavy atom. The summed E-state index contributed by atoms with van der Waals surface area (Å²) >= 11 is 0. The largest absolute Gasteiger partial charge is 0.514 e. The maximum Gasteiger partial charge on any atom is 0.514 e. The Balaban J connectivity index is 1.50. The molecule has 2 aliphatic carbocycles. The molecule has 0 heterocycles. The van der Waals surface area contributed by atoms with Crippen LogP contribution in [0.2, 0.25) is 0 Å². The van der Waals surface area contributed by atoms with Crippen LogP contribution in [-0.4, -0.2) is 47.0 Å². The number of benzene rings is 4. The average molecular weight is 1260 g/mol. The second-order valence-corrected chi connectivity index (χ2v) is 35.5. The van der Waals surface area contributed by atoms with Gasteiger partial charge >= 0.3 is 24.6 Å². The van der Waals surface area contributed by atoms with Gasteiger partial charge in [0, 0.05) is 33.1 Å². The first-order valence-electron chi connectivity index (χ1n) is 33.3. The Morgan fingerprint density at radius 2 is 0.484 bits per heavy atom. The van der Waals surface area contributed by atoms with Crippen molar-refractivity contribution in [3.63, 3.8) is 0 Å². The first kappa shape index (κ1) is 74.0. The van der Waals surface area contributed by atoms with Crippen LogP contribution in [0.25, 0.3) is 0 Å². The highest BCUT2D eigenvalue weighted by Crippen LogP contribution is 2.59. The van der Waals surface area contributed by atoms with E-state index in [1.54, 1.807) is 0 Å². The van der Waals surface area contributed by atoms with E-state index in [2.05, 4.69) is 145 Å². The predicted octanol–water partition coefficient (Wildman–Crippen LogP) is 22.0. The first-order chi connectivity index (χ1) is 41.1. The summed E-state index contributed by atoms with van der Waals surface area (Å²) < 4.78 is 47.6. The fourth-order valence-corrected chi connectivity index (χ4v) is 13.9. The number of carbonyl (C=O) groups is 4. The van der Waals surface area contributed by atoms with Crippen LogP contribution in [0.15, 0.2) is 48.5 Å². The number of aryl methyl sites for hydroxylation is 4. The van der Waals surface area contributed by atoms with E-state index in [0.29, 0.717) is 34.8 Å². The van der Waals surface area contributed by atoms with E-state index in [0.717, 1.165) is 118 Å². The molecule has 0 N–H and O–H groups in total. The molecule has 6 rings (SSSR count). The third kappa shape index (κ3) is 17.8. The molecule has 2 fully saturated rings. The molecule has 12 heteroatoms. The van der Waals surface area contributed by atoms with Crippen LogP contribution >= 0.6 is 0 Å². The van der Waals surface area contributed by atoms with Gasteiger partial charge in [0.1, 0.15) is 45.4 Å². The van der Waals surface area contributed by atoms with E-state index in [1.165, 1.54) is 0 Å². The minimum Gasteiger partial charge on any atom is -0.428 e. The van der Waals surface area contributed by atoms with E-state index in [4.69, 9.17) is 37.9 Å². The van der Waals surface area contributed by atoms with Crippen molar-refractivity contribution >= 4 is 24.6 Å². The van der Waals surface area contributed by atoms with Crippen molar-refractivity contribution in [2.75, 3.05) is 0 Å². The first-order valence-corrected chi connectivity index (χ1v) is 33.3. The average Bonchev–Trinajstić information content (AvgIpc) is 0.738. The van der Waals surface area contributed by atoms with E-state index >= 15 is 0 Å². The van der Waals surface area contributed by atoms with Crippen molar-refractivity contribution in [2.24, 2.45) is 17.3 Å². The zero-order chi connectivity index (χ0) is 69.2. The number of hydrogen-bond donors (Lipinski definition) is 0. The predicted molar refractivity (Wildman–Crippen MR) is 366 cm³/mol. The van der Waals surface area contributed by atoms with Crippen LogP contribution in [-0.2, 0) is 51.4 Å². The summed E-state index contributed by atoms with van der Waals surface area (Å²) in [6, 6.07) is 18.0. The van der Waals surface area contributed by atoms with Crippen molar-refractivity contribution < 1.29 is 57.1 Å². The summed E-state index contributed by atoms with van der Waals surface area (Å²) in [6.45, 7) is 61.1. The highest BCUT2D eigenvalue weighted by atomic mass is 16.8. The van der Waals surface area contributed by atoms with Gasteiger partial charge in [-0.1, -0.05) is 145 Å². The molecule has 504 valence electrons. The Labute approximate surface area is 548 Å². The summed E-state index contributed by atoms with van der Waals surface area (Å²) in [5.41, 5.74) is 6.04. The molecular formula is C79H116O12. The SMILES string of the molecule is Cc1cc(C2(c3cc(C)c(OC(=O)OC(C)(C)C)c(C(C)(C)C)c3)CCC(C(C)(C)C3CCC(c4cc(C)c(OC(=O)OC(C)(C)C)c(C(C)(C)C)c4)(c4cc(C)c(OC(=O)OC(C)(C)C)c(C(C)(C)C)c4)CC3)CC2)cc(C(C)(C)C)c1OC(=O)OC(C)(C)C. The lowest BCUT2D eigenvalue weighted by molar-refractivity contribution is 0.0188. The lowest BCUT2D eigenvalue weighted by atomic mass is 9.52. The van der Waals surface area contributed by atoms with E-state index < -0.39 is 79.5 Å². The second kappa shape index (κ2) is 25.7. The van der Waals surface area contributed by atoms with Gasteiger partial charge in [0.15, 0.2) is 0 Å². The fourth-order valence-electron chi connectivity index (χ4n) is 13.9. The molecule has 0 amide bonds. The summed E-state index contributed by atoms with van der Waals surface area (Å²) in [4.78, 5) is 53.9. The maximum atomic E-state index is 13.5. The summed E-state index contributed by atoms with van der Waals surface area (Å²) in [7, 11) is 0. The molecule has 0 atom stereocenters. The van der Waals surface area contributed by atoms with Crippen LogP contribution in [0.3, 0.4) is 0 Å². The van der Waals surface area contributed by atoms with Crippen LogP contribution in [0, 0.1) is 44.9 Å². The van der Waals surface area contributed by atoms with Crippen molar-refractivity contribution in [1.82, 2.24) is 0 Å². The van der Waals surface area contributed by atoms with Crippen LogP contribution in [0.4, 0.5) is 19.2 Å². The van der Waals surface area contributed by atoms with Crippen molar-refractivity contribution in [1.29, 1.82) is 0 Å². The standard InChI is InChI=1S/C79H116O12/c1-47-39-53(43-57(69(5,6)7)61(47)84-65(80)88-73(17,18)19)78(54-40-48(2)62(58(44-54)70(8,9)10)85-66(81)89-74(20,21)22)35-31-51(32-36-78)77(29,30)52-33-37-79(38-34-52,55-41-49(3)63(59(45-55)71(11,12)13)86-67(82)90-75(23,24)25)56-42-50(4)64(60(46-56)72(14,15)16)87-68(83)91-76(26,27)28/h39-46,51-52H,31-38H2,1-30H3. The Morgan fingerprint density at radius 1 is 0.308 bits per heavy atom. The number of ether oxygens (including phenoxy) is 8. The normalized spacial score (nSPS) is 16.6. The highest BCUT2D eigenvalue weighted by molar-refractivity contribution is 5.70. The third-order valence-corrected chi connectivity index (χ3v) is 18.6. The topological polar surface area (TPSA) is 142 Å². The Kier molecular flexibility index (Phi) is 20.9. The van der Waals surface area contributed by atoms with Gasteiger partial charge in [-0.3, -0.25) is 0 Å². The van der Waals surface area contributed by atoms with E-state index in [1.807, 2.05) is 111 Å². The Hall–Kier alpha value is -6.04. The van der Waals surface area contributed by atoms with Gasteiger partial charge in [-0.15, -0.1) is 0 Å². The smallest absolute Gasteiger partial charge is 0.428 e. The van der Waals surface area contributed by atoms with Gasteiger partial charge in [-0.05, 0) is 246 Å². The van der Waals surface area contributed by atoms with E-state index in [9.17, 15) is 19.2 Å². The lowest BCUT2D eigenvalue weighted by Crippen LogP contribution is -2.43. The van der Waals surface area contributed by atoms with Crippen LogP contribution in [0.5, 0.6) is 23.0 Å². The van der Waals surface area contributed by atoms with Gasteiger partial charge in [0.2, 0.25) is 0 Å². The molecule has 12 nitrogen and oxygen atoms in total. The quantitative estimate of drug-likeness (QED) is 0.0847. The second-order valence-electron chi connectivity index (χ2n) is 35.5. The highest BCUT2D eigenvalue weighted by Gasteiger charge is 2.50. The Bertz CT molecular complexity index is 2920. The van der Waals surface area contributed by atoms with Gasteiger partial charge in [0.05, 0.1) is 0 Å². The summed E-state index contributed by atoms with van der Waals surface area (Å²) in [5.74, 6) is 2.80. The minimum atomic E-state index is -0.739. The molecule has 0 radical (unpaired) electrons. The molecular weight excluding hydrogens is 1140 g/mol. The third-order valence-electron chi connectivity index (χ3n) is 18.6. The number of rotatable bonds is 10. The number of hydrogen-bond acceptors (Lipinski definition) is 12. The molecule has 2 saturated carbocycles. The van der Waals surface area contributed by atoms with Gasteiger partial charge in [0.25, 0.3) is 0 Å². The van der Waals surface area contributed by atoms with E-state index in [-0.39, 0.29) is 5.41 Å². The molecule has 4 aromatic rings. The zero-order valence-corrected chi connectivity index (χ0v) is 61.8. The molecule has 0 saturated heterocycles. The zero-order valence-electron chi connectivity index (χ0n) is 61.8. The minimum absolute atomic E-state index is 0.0806. The molecule has 0 aromatic heterocycles. The van der Waals surface area contributed by atoms with Gasteiger partial charge < -0.3 is 37.9 Å². The van der Waals surface area contributed by atoms with Crippen LogP contribution in [0.1, 0.15) is 298 Å². The molecule has 4 aromatic carbocycles. The summed E-state index contributed by atoms with van der Waals surface area (Å²) in [5, 5.41) is 0. The molecule has 0 spiro atoms. The van der Waals surface area contributed by atoms with Gasteiger partial charge in [-0.2, -0.15) is 0 Å².